The number of aromatic nitrogens is 2. The fourth-order valence-corrected chi connectivity index (χ4v) is 4.46. The lowest BCUT2D eigenvalue weighted by Gasteiger charge is -2.32. The molecular weight excluding hydrogens is 378 g/mol. The van der Waals surface area contributed by atoms with Gasteiger partial charge < -0.3 is 14.2 Å². The van der Waals surface area contributed by atoms with Crippen LogP contribution in [0.2, 0.25) is 0 Å². The third-order valence-corrected chi connectivity index (χ3v) is 5.87. The third-order valence-electron chi connectivity index (χ3n) is 3.94. The molecule has 23 heavy (non-hydrogen) atoms. The normalized spacial score (nSPS) is 22.7. The Hall–Kier alpha value is -1.28. The summed E-state index contributed by atoms with van der Waals surface area (Å²) >= 11 is 5.28. The highest BCUT2D eigenvalue weighted by molar-refractivity contribution is 9.10. The Bertz CT molecular complexity index is 837. The molecule has 0 N–H and O–H groups in total. The third kappa shape index (κ3) is 2.94. The van der Waals surface area contributed by atoms with E-state index in [9.17, 15) is 0 Å². The van der Waals surface area contributed by atoms with Gasteiger partial charge in [-0.2, -0.15) is 4.98 Å². The summed E-state index contributed by atoms with van der Waals surface area (Å²) in [6.45, 7) is 3.74. The number of hydrogen-bond donors (Lipinski definition) is 0. The van der Waals surface area contributed by atoms with Crippen LogP contribution in [0, 0.1) is 0 Å². The molecule has 2 aromatic heterocycles. The predicted octanol–water partition coefficient (Wildman–Crippen LogP) is 4.11. The lowest BCUT2D eigenvalue weighted by molar-refractivity contribution is -0.0838. The van der Waals surface area contributed by atoms with Gasteiger partial charge in [0, 0.05) is 38.6 Å². The SMILES string of the molecule is C[C@@H]1CN(C)C[C@H](c2nc(-c3ccc4scc(Br)c4c3)no2)O1. The van der Waals surface area contributed by atoms with E-state index in [0.717, 1.165) is 23.1 Å². The van der Waals surface area contributed by atoms with E-state index >= 15 is 0 Å². The first kappa shape index (κ1) is 15.3. The highest BCUT2D eigenvalue weighted by Crippen LogP contribution is 2.33. The second kappa shape index (κ2) is 5.98. The summed E-state index contributed by atoms with van der Waals surface area (Å²) in [5.41, 5.74) is 0.948. The molecule has 1 aliphatic rings. The number of nitrogens with zero attached hydrogens (tertiary/aromatic N) is 3. The zero-order valence-electron chi connectivity index (χ0n) is 12.8. The number of hydrogen-bond acceptors (Lipinski definition) is 6. The molecule has 3 aromatic rings. The van der Waals surface area contributed by atoms with E-state index in [1.54, 1.807) is 11.3 Å². The Morgan fingerprint density at radius 3 is 3.04 bits per heavy atom. The van der Waals surface area contributed by atoms with Gasteiger partial charge in [0.05, 0.1) is 6.10 Å². The Kier molecular flexibility index (Phi) is 3.96. The first-order valence-corrected chi connectivity index (χ1v) is 9.12. The molecule has 1 aliphatic heterocycles. The molecule has 5 nitrogen and oxygen atoms in total. The molecule has 1 aromatic carbocycles. The Labute approximate surface area is 146 Å². The smallest absolute Gasteiger partial charge is 0.257 e. The Balaban J connectivity index is 1.65. The van der Waals surface area contributed by atoms with E-state index in [1.165, 1.54) is 10.1 Å². The predicted molar refractivity (Wildman–Crippen MR) is 93.6 cm³/mol. The van der Waals surface area contributed by atoms with E-state index < -0.39 is 0 Å². The zero-order valence-corrected chi connectivity index (χ0v) is 15.2. The minimum absolute atomic E-state index is 0.159. The first-order chi connectivity index (χ1) is 11.1. The van der Waals surface area contributed by atoms with Gasteiger partial charge in [-0.3, -0.25) is 0 Å². The molecule has 0 saturated carbocycles. The molecule has 0 aliphatic carbocycles. The largest absolute Gasteiger partial charge is 0.363 e. The van der Waals surface area contributed by atoms with Crippen molar-refractivity contribution in [3.63, 3.8) is 0 Å². The van der Waals surface area contributed by atoms with Gasteiger partial charge in [0.25, 0.3) is 5.89 Å². The number of benzene rings is 1. The van der Waals surface area contributed by atoms with Crippen LogP contribution in [0.4, 0.5) is 0 Å². The van der Waals surface area contributed by atoms with Gasteiger partial charge in [-0.1, -0.05) is 5.16 Å². The number of morpholine rings is 1. The number of likely N-dealkylation sites (N-methyl/N-ethyl adjacent to an activating group) is 1. The van der Waals surface area contributed by atoms with Crippen LogP contribution in [0.5, 0.6) is 0 Å². The van der Waals surface area contributed by atoms with Gasteiger partial charge in [-0.15, -0.1) is 11.3 Å². The summed E-state index contributed by atoms with van der Waals surface area (Å²) in [5.74, 6) is 1.15. The van der Waals surface area contributed by atoms with Crippen molar-refractivity contribution >= 4 is 37.4 Å². The first-order valence-electron chi connectivity index (χ1n) is 7.45. The molecule has 3 heterocycles. The fourth-order valence-electron chi connectivity index (χ4n) is 2.92. The number of fused-ring (bicyclic) bond motifs is 1. The number of halogens is 1. The van der Waals surface area contributed by atoms with Crippen LogP contribution in [0.3, 0.4) is 0 Å². The molecule has 4 rings (SSSR count). The van der Waals surface area contributed by atoms with Crippen molar-refractivity contribution in [1.29, 1.82) is 0 Å². The van der Waals surface area contributed by atoms with Gasteiger partial charge in [-0.05, 0) is 48.1 Å². The minimum atomic E-state index is -0.165. The van der Waals surface area contributed by atoms with E-state index in [4.69, 9.17) is 9.26 Å². The van der Waals surface area contributed by atoms with Crippen molar-refractivity contribution < 1.29 is 9.26 Å². The van der Waals surface area contributed by atoms with Gasteiger partial charge in [0.2, 0.25) is 5.82 Å². The van der Waals surface area contributed by atoms with E-state index in [1.807, 2.05) is 6.07 Å². The van der Waals surface area contributed by atoms with Crippen molar-refractivity contribution in [2.75, 3.05) is 20.1 Å². The topological polar surface area (TPSA) is 51.4 Å². The van der Waals surface area contributed by atoms with Crippen LogP contribution in [0.1, 0.15) is 18.9 Å². The van der Waals surface area contributed by atoms with Crippen LogP contribution >= 0.6 is 27.3 Å². The quantitative estimate of drug-likeness (QED) is 0.655. The standard InChI is InChI=1S/C16H16BrN3O2S/c1-9-6-20(2)7-13(21-9)16-18-15(19-22-16)10-3-4-14-11(5-10)12(17)8-23-14/h3-5,8-9,13H,6-7H2,1-2H3/t9-,13-/m1/s1. The van der Waals surface area contributed by atoms with Gasteiger partial charge in [0.1, 0.15) is 6.10 Å². The fraction of sp³-hybridized carbons (Fsp3) is 0.375. The van der Waals surface area contributed by atoms with Gasteiger partial charge in [0.15, 0.2) is 0 Å². The van der Waals surface area contributed by atoms with E-state index in [-0.39, 0.29) is 12.2 Å². The molecule has 1 fully saturated rings. The zero-order chi connectivity index (χ0) is 16.0. The lowest BCUT2D eigenvalue weighted by Crippen LogP contribution is -2.40. The summed E-state index contributed by atoms with van der Waals surface area (Å²) in [4.78, 5) is 6.77. The van der Waals surface area contributed by atoms with Crippen LogP contribution in [0.15, 0.2) is 32.6 Å². The summed E-state index contributed by atoms with van der Waals surface area (Å²) in [6, 6.07) is 6.19. The number of rotatable bonds is 2. The summed E-state index contributed by atoms with van der Waals surface area (Å²) in [6.07, 6.45) is -0.00572. The summed E-state index contributed by atoms with van der Waals surface area (Å²) in [7, 11) is 2.07. The van der Waals surface area contributed by atoms with Crippen molar-refractivity contribution in [2.45, 2.75) is 19.1 Å². The van der Waals surface area contributed by atoms with Gasteiger partial charge in [-0.25, -0.2) is 0 Å². The van der Waals surface area contributed by atoms with Crippen molar-refractivity contribution in [2.24, 2.45) is 0 Å². The van der Waals surface area contributed by atoms with Gasteiger partial charge >= 0.3 is 0 Å². The minimum Gasteiger partial charge on any atom is -0.363 e. The molecular formula is C16H16BrN3O2S. The molecule has 7 heteroatoms. The van der Waals surface area contributed by atoms with Crippen molar-refractivity contribution in [3.8, 4) is 11.4 Å². The second-order valence-electron chi connectivity index (χ2n) is 5.91. The molecule has 0 radical (unpaired) electrons. The average molecular weight is 394 g/mol. The van der Waals surface area contributed by atoms with Crippen LogP contribution in [0.25, 0.3) is 21.5 Å². The monoisotopic (exact) mass is 393 g/mol. The van der Waals surface area contributed by atoms with Crippen LogP contribution in [-0.4, -0.2) is 41.3 Å². The maximum atomic E-state index is 5.93. The number of thiophene rings is 1. The summed E-state index contributed by atoms with van der Waals surface area (Å²) in [5, 5.41) is 7.39. The highest BCUT2D eigenvalue weighted by atomic mass is 79.9. The van der Waals surface area contributed by atoms with Crippen molar-refractivity contribution in [3.05, 3.63) is 33.9 Å². The molecule has 1 saturated heterocycles. The van der Waals surface area contributed by atoms with Crippen LogP contribution < -0.4 is 0 Å². The molecule has 0 unspecified atom stereocenters. The molecule has 0 bridgehead atoms. The average Bonchev–Trinajstić information content (AvgIpc) is 3.14. The Morgan fingerprint density at radius 1 is 1.35 bits per heavy atom. The molecule has 0 amide bonds. The second-order valence-corrected chi connectivity index (χ2v) is 7.67. The molecule has 0 spiro atoms. The molecule has 120 valence electrons. The maximum absolute atomic E-state index is 5.93. The molecule has 2 atom stereocenters. The van der Waals surface area contributed by atoms with Crippen molar-refractivity contribution in [1.82, 2.24) is 15.0 Å². The Morgan fingerprint density at radius 2 is 2.22 bits per heavy atom. The van der Waals surface area contributed by atoms with E-state index in [0.29, 0.717) is 11.7 Å². The van der Waals surface area contributed by atoms with Crippen LogP contribution in [-0.2, 0) is 4.74 Å². The highest BCUT2D eigenvalue weighted by Gasteiger charge is 2.28. The number of ether oxygens (including phenoxy) is 1. The maximum Gasteiger partial charge on any atom is 0.257 e. The van der Waals surface area contributed by atoms with E-state index in [2.05, 4.69) is 62.5 Å². The summed E-state index contributed by atoms with van der Waals surface area (Å²) < 4.78 is 13.7. The lowest BCUT2D eigenvalue weighted by atomic mass is 10.1.